The normalized spacial score (nSPS) is 25.7. The Morgan fingerprint density at radius 3 is 2.48 bits per heavy atom. The predicted molar refractivity (Wildman–Crippen MR) is 81.0 cm³/mol. The number of hydrogen-bond donors (Lipinski definition) is 2. The van der Waals surface area contributed by atoms with E-state index in [4.69, 9.17) is 5.11 Å². The second-order valence-electron chi connectivity index (χ2n) is 6.89. The number of carboxylic acid groups (broad SMARTS) is 1. The molecule has 0 aromatic heterocycles. The van der Waals surface area contributed by atoms with Crippen molar-refractivity contribution >= 4 is 11.9 Å². The van der Waals surface area contributed by atoms with Gasteiger partial charge in [0.2, 0.25) is 5.91 Å². The summed E-state index contributed by atoms with van der Waals surface area (Å²) in [5.74, 6) is -0.751. The molecule has 1 atom stereocenters. The zero-order valence-electron chi connectivity index (χ0n) is 13.1. The number of nitrogens with zero attached hydrogens (tertiary/aromatic N) is 1. The van der Waals surface area contributed by atoms with E-state index in [1.807, 2.05) is 0 Å². The second kappa shape index (κ2) is 7.25. The minimum Gasteiger partial charge on any atom is -0.481 e. The molecule has 0 radical (unpaired) electrons. The molecule has 0 aromatic rings. The Bertz CT molecular complexity index is 378. The summed E-state index contributed by atoms with van der Waals surface area (Å²) in [5, 5.41) is 12.2. The van der Waals surface area contributed by atoms with Gasteiger partial charge in [-0.05, 0) is 44.7 Å². The maximum atomic E-state index is 12.2. The number of carbonyl (C=O) groups excluding carboxylic acids is 1. The lowest BCUT2D eigenvalue weighted by Gasteiger charge is -2.35. The van der Waals surface area contributed by atoms with Gasteiger partial charge in [-0.15, -0.1) is 0 Å². The molecule has 2 fully saturated rings. The molecule has 1 aliphatic heterocycles. The van der Waals surface area contributed by atoms with Crippen LogP contribution in [0.5, 0.6) is 0 Å². The molecule has 1 heterocycles. The molecule has 2 rings (SSSR count). The SMILES string of the molecule is CN1CCCC1CNC(=O)CC1(CC(=O)O)CCCCC1. The fourth-order valence-corrected chi connectivity index (χ4v) is 3.91. The van der Waals surface area contributed by atoms with Gasteiger partial charge in [-0.3, -0.25) is 9.59 Å². The molecule has 1 saturated carbocycles. The van der Waals surface area contributed by atoms with Crippen molar-refractivity contribution in [3.8, 4) is 0 Å². The van der Waals surface area contributed by atoms with Crippen LogP contribution < -0.4 is 5.32 Å². The summed E-state index contributed by atoms with van der Waals surface area (Å²) in [7, 11) is 2.09. The van der Waals surface area contributed by atoms with Crippen LogP contribution >= 0.6 is 0 Å². The van der Waals surface area contributed by atoms with Gasteiger partial charge in [-0.2, -0.15) is 0 Å². The average Bonchev–Trinajstić information content (AvgIpc) is 2.82. The van der Waals surface area contributed by atoms with Crippen LogP contribution in [0.2, 0.25) is 0 Å². The van der Waals surface area contributed by atoms with Crippen LogP contribution in [-0.2, 0) is 9.59 Å². The molecule has 0 aromatic carbocycles. The highest BCUT2D eigenvalue weighted by Gasteiger charge is 2.36. The van der Waals surface area contributed by atoms with E-state index in [9.17, 15) is 9.59 Å². The molecule has 5 nitrogen and oxygen atoms in total. The van der Waals surface area contributed by atoms with Crippen molar-refractivity contribution in [1.82, 2.24) is 10.2 Å². The molecule has 120 valence electrons. The summed E-state index contributed by atoms with van der Waals surface area (Å²) >= 11 is 0. The second-order valence-corrected chi connectivity index (χ2v) is 6.89. The first kappa shape index (κ1) is 16.3. The van der Waals surface area contributed by atoms with Gasteiger partial charge in [0.15, 0.2) is 0 Å². The van der Waals surface area contributed by atoms with Crippen molar-refractivity contribution in [3.05, 3.63) is 0 Å². The summed E-state index contributed by atoms with van der Waals surface area (Å²) in [4.78, 5) is 25.7. The fourth-order valence-electron chi connectivity index (χ4n) is 3.91. The molecule has 0 bridgehead atoms. The summed E-state index contributed by atoms with van der Waals surface area (Å²) < 4.78 is 0. The fraction of sp³-hybridized carbons (Fsp3) is 0.875. The summed E-state index contributed by atoms with van der Waals surface area (Å²) in [6.45, 7) is 1.79. The standard InChI is InChI=1S/C16H28N2O3/c1-18-9-5-6-13(18)12-17-14(19)10-16(11-15(20)21)7-3-2-4-8-16/h13H,2-12H2,1H3,(H,17,19)(H,20,21). The molecular weight excluding hydrogens is 268 g/mol. The van der Waals surface area contributed by atoms with Crippen molar-refractivity contribution in [2.24, 2.45) is 5.41 Å². The quantitative estimate of drug-likeness (QED) is 0.786. The van der Waals surface area contributed by atoms with Crippen LogP contribution in [0.4, 0.5) is 0 Å². The Morgan fingerprint density at radius 1 is 1.19 bits per heavy atom. The molecule has 2 aliphatic rings. The lowest BCUT2D eigenvalue weighted by Crippen LogP contribution is -2.41. The monoisotopic (exact) mass is 296 g/mol. The molecule has 21 heavy (non-hydrogen) atoms. The molecule has 0 spiro atoms. The van der Waals surface area contributed by atoms with Crippen LogP contribution in [0, 0.1) is 5.41 Å². The van der Waals surface area contributed by atoms with Crippen LogP contribution in [-0.4, -0.2) is 48.1 Å². The zero-order valence-corrected chi connectivity index (χ0v) is 13.1. The number of amides is 1. The first-order chi connectivity index (χ1) is 10.0. The predicted octanol–water partition coefficient (Wildman–Crippen LogP) is 2.01. The van der Waals surface area contributed by atoms with Gasteiger partial charge >= 0.3 is 5.97 Å². The van der Waals surface area contributed by atoms with E-state index >= 15 is 0 Å². The number of nitrogens with one attached hydrogen (secondary N) is 1. The molecular formula is C16H28N2O3. The summed E-state index contributed by atoms with van der Waals surface area (Å²) in [6, 6.07) is 0.440. The number of likely N-dealkylation sites (tertiary alicyclic amines) is 1. The van der Waals surface area contributed by atoms with Crippen molar-refractivity contribution in [2.45, 2.75) is 63.8 Å². The molecule has 1 aliphatic carbocycles. The number of likely N-dealkylation sites (N-methyl/N-ethyl adjacent to an activating group) is 1. The van der Waals surface area contributed by atoms with Crippen LogP contribution in [0.3, 0.4) is 0 Å². The van der Waals surface area contributed by atoms with Gasteiger partial charge < -0.3 is 15.3 Å². The minimum absolute atomic E-state index is 0.0263. The Balaban J connectivity index is 1.84. The number of aliphatic carboxylic acids is 1. The molecule has 1 saturated heterocycles. The molecule has 1 amide bonds. The third-order valence-electron chi connectivity index (χ3n) is 5.18. The highest BCUT2D eigenvalue weighted by molar-refractivity contribution is 5.78. The van der Waals surface area contributed by atoms with Crippen molar-refractivity contribution in [3.63, 3.8) is 0 Å². The van der Waals surface area contributed by atoms with Crippen LogP contribution in [0.1, 0.15) is 57.8 Å². The van der Waals surface area contributed by atoms with Crippen molar-refractivity contribution < 1.29 is 14.7 Å². The number of rotatable bonds is 6. The summed E-state index contributed by atoms with van der Waals surface area (Å²) in [6.07, 6.45) is 7.83. The van der Waals surface area contributed by atoms with E-state index in [2.05, 4.69) is 17.3 Å². The van der Waals surface area contributed by atoms with E-state index in [0.717, 1.165) is 45.1 Å². The summed E-state index contributed by atoms with van der Waals surface area (Å²) in [5.41, 5.74) is -0.310. The molecule has 1 unspecified atom stereocenters. The number of carbonyl (C=O) groups is 2. The first-order valence-electron chi connectivity index (χ1n) is 8.19. The zero-order chi connectivity index (χ0) is 15.3. The highest BCUT2D eigenvalue weighted by Crippen LogP contribution is 2.42. The van der Waals surface area contributed by atoms with Crippen molar-refractivity contribution in [1.29, 1.82) is 0 Å². The maximum absolute atomic E-state index is 12.2. The Kier molecular flexibility index (Phi) is 5.62. The van der Waals surface area contributed by atoms with E-state index in [1.165, 1.54) is 6.42 Å². The van der Waals surface area contributed by atoms with Gasteiger partial charge in [-0.1, -0.05) is 19.3 Å². The van der Waals surface area contributed by atoms with E-state index in [1.54, 1.807) is 0 Å². The van der Waals surface area contributed by atoms with Crippen LogP contribution in [0.15, 0.2) is 0 Å². The van der Waals surface area contributed by atoms with Crippen LogP contribution in [0.25, 0.3) is 0 Å². The lowest BCUT2D eigenvalue weighted by atomic mass is 9.69. The first-order valence-corrected chi connectivity index (χ1v) is 8.19. The maximum Gasteiger partial charge on any atom is 0.303 e. The Hall–Kier alpha value is -1.10. The number of hydrogen-bond acceptors (Lipinski definition) is 3. The van der Waals surface area contributed by atoms with Gasteiger partial charge in [0.05, 0.1) is 6.42 Å². The topological polar surface area (TPSA) is 69.6 Å². The third-order valence-corrected chi connectivity index (χ3v) is 5.18. The largest absolute Gasteiger partial charge is 0.481 e. The van der Waals surface area contributed by atoms with Gasteiger partial charge in [0, 0.05) is 19.0 Å². The van der Waals surface area contributed by atoms with E-state index < -0.39 is 5.97 Å². The Morgan fingerprint density at radius 2 is 1.90 bits per heavy atom. The Labute approximate surface area is 127 Å². The third kappa shape index (κ3) is 4.70. The minimum atomic E-state index is -0.778. The van der Waals surface area contributed by atoms with E-state index in [-0.39, 0.29) is 17.7 Å². The van der Waals surface area contributed by atoms with Gasteiger partial charge in [-0.25, -0.2) is 0 Å². The van der Waals surface area contributed by atoms with E-state index in [0.29, 0.717) is 19.0 Å². The average molecular weight is 296 g/mol. The smallest absolute Gasteiger partial charge is 0.303 e. The highest BCUT2D eigenvalue weighted by atomic mass is 16.4. The van der Waals surface area contributed by atoms with Gasteiger partial charge in [0.25, 0.3) is 0 Å². The molecule has 5 heteroatoms. The molecule has 2 N–H and O–H groups in total. The van der Waals surface area contributed by atoms with Crippen molar-refractivity contribution in [2.75, 3.05) is 20.1 Å². The van der Waals surface area contributed by atoms with Gasteiger partial charge in [0.1, 0.15) is 0 Å². The number of carboxylic acids is 1. The lowest BCUT2D eigenvalue weighted by molar-refractivity contribution is -0.141.